The van der Waals surface area contributed by atoms with Gasteiger partial charge in [-0.05, 0) is 43.9 Å². The number of anilines is 1. The van der Waals surface area contributed by atoms with Crippen LogP contribution in [0.1, 0.15) is 35.2 Å². The Hall–Kier alpha value is -3.11. The molecule has 1 amide bonds. The summed E-state index contributed by atoms with van der Waals surface area (Å²) >= 11 is 0. The average molecular weight is 421 g/mol. The highest BCUT2D eigenvalue weighted by atomic mass is 16.6. The number of piperidine rings is 1. The monoisotopic (exact) mass is 420 g/mol. The zero-order valence-electron chi connectivity index (χ0n) is 18.1. The van der Waals surface area contributed by atoms with Gasteiger partial charge in [0, 0.05) is 31.9 Å². The fraction of sp³-hybridized carbons (Fsp3) is 0.458. The van der Waals surface area contributed by atoms with Crippen LogP contribution in [0.2, 0.25) is 0 Å². The van der Waals surface area contributed by atoms with Crippen LogP contribution >= 0.6 is 0 Å². The van der Waals surface area contributed by atoms with Crippen molar-refractivity contribution in [1.82, 2.24) is 9.88 Å². The highest BCUT2D eigenvalue weighted by molar-refractivity contribution is 5.67. The van der Waals surface area contributed by atoms with Crippen LogP contribution in [0.15, 0.2) is 36.4 Å². The third-order valence-corrected chi connectivity index (χ3v) is 6.12. The van der Waals surface area contributed by atoms with Gasteiger partial charge in [0.2, 0.25) is 0 Å². The summed E-state index contributed by atoms with van der Waals surface area (Å²) in [5, 5.41) is 9.65. The standard InChI is InChI=1S/C24H28N4O3/c1-18-14-19(2)26-22(21(18)15-25)28-12-13-31-24(17-28)8-10-27(11-9-24)23(29)30-16-20-6-4-3-5-7-20/h3-7,14H,8-13,16-17H2,1-2H3. The van der Waals surface area contributed by atoms with Crippen molar-refractivity contribution in [3.05, 3.63) is 58.8 Å². The Balaban J connectivity index is 1.38. The van der Waals surface area contributed by atoms with Crippen LogP contribution < -0.4 is 4.90 Å². The molecule has 0 atom stereocenters. The summed E-state index contributed by atoms with van der Waals surface area (Å²) in [5.74, 6) is 0.743. The minimum absolute atomic E-state index is 0.279. The van der Waals surface area contributed by atoms with Gasteiger partial charge >= 0.3 is 6.09 Å². The summed E-state index contributed by atoms with van der Waals surface area (Å²) in [4.78, 5) is 21.1. The van der Waals surface area contributed by atoms with Gasteiger partial charge in [-0.1, -0.05) is 30.3 Å². The SMILES string of the molecule is Cc1cc(C)c(C#N)c(N2CCOC3(CCN(C(=O)OCc4ccccc4)CC3)C2)n1. The molecule has 0 unspecified atom stereocenters. The lowest BCUT2D eigenvalue weighted by molar-refractivity contribution is -0.0891. The summed E-state index contributed by atoms with van der Waals surface area (Å²) in [7, 11) is 0. The molecule has 1 aromatic heterocycles. The second-order valence-electron chi connectivity index (χ2n) is 8.37. The van der Waals surface area contributed by atoms with E-state index in [1.165, 1.54) is 0 Å². The lowest BCUT2D eigenvalue weighted by Gasteiger charge is -2.47. The molecule has 3 heterocycles. The van der Waals surface area contributed by atoms with Crippen molar-refractivity contribution in [1.29, 1.82) is 5.26 Å². The number of pyridine rings is 1. The molecule has 0 bridgehead atoms. The van der Waals surface area contributed by atoms with E-state index < -0.39 is 0 Å². The molecule has 0 aliphatic carbocycles. The van der Waals surface area contributed by atoms with Crippen molar-refractivity contribution in [3.8, 4) is 6.07 Å². The molecular weight excluding hydrogens is 392 g/mol. The van der Waals surface area contributed by atoms with Gasteiger partial charge in [-0.25, -0.2) is 9.78 Å². The fourth-order valence-electron chi connectivity index (χ4n) is 4.42. The van der Waals surface area contributed by atoms with E-state index in [4.69, 9.17) is 9.47 Å². The average Bonchev–Trinajstić information content (AvgIpc) is 2.78. The van der Waals surface area contributed by atoms with Gasteiger partial charge in [0.1, 0.15) is 18.5 Å². The maximum absolute atomic E-state index is 12.5. The minimum Gasteiger partial charge on any atom is -0.445 e. The Morgan fingerprint density at radius 2 is 1.97 bits per heavy atom. The number of benzene rings is 1. The van der Waals surface area contributed by atoms with Crippen LogP contribution in [0.25, 0.3) is 0 Å². The molecule has 7 nitrogen and oxygen atoms in total. The van der Waals surface area contributed by atoms with E-state index in [1.54, 1.807) is 4.90 Å². The van der Waals surface area contributed by atoms with Gasteiger partial charge in [-0.2, -0.15) is 5.26 Å². The minimum atomic E-state index is -0.333. The first-order valence-corrected chi connectivity index (χ1v) is 10.7. The van der Waals surface area contributed by atoms with E-state index in [-0.39, 0.29) is 18.3 Å². The Morgan fingerprint density at radius 3 is 2.68 bits per heavy atom. The van der Waals surface area contributed by atoms with Gasteiger partial charge in [-0.3, -0.25) is 0 Å². The molecule has 7 heteroatoms. The molecule has 2 aromatic rings. The van der Waals surface area contributed by atoms with E-state index in [2.05, 4.69) is 16.0 Å². The molecule has 2 saturated heterocycles. The van der Waals surface area contributed by atoms with Crippen molar-refractivity contribution in [2.45, 2.75) is 38.9 Å². The zero-order chi connectivity index (χ0) is 21.8. The van der Waals surface area contributed by atoms with Crippen molar-refractivity contribution in [2.75, 3.05) is 37.7 Å². The Labute approximate surface area is 183 Å². The molecule has 2 aliphatic rings. The number of amides is 1. The normalized spacial score (nSPS) is 18.0. The number of carbonyl (C=O) groups is 1. The summed E-state index contributed by atoms with van der Waals surface area (Å²) in [6.07, 6.45) is 1.18. The number of nitriles is 1. The number of aryl methyl sites for hydroxylation is 2. The number of ether oxygens (including phenoxy) is 2. The highest BCUT2D eigenvalue weighted by Gasteiger charge is 2.41. The molecule has 1 spiro atoms. The number of morpholine rings is 1. The lowest BCUT2D eigenvalue weighted by Crippen LogP contribution is -2.58. The molecular formula is C24H28N4O3. The van der Waals surface area contributed by atoms with Crippen LogP contribution in [-0.4, -0.2) is 54.4 Å². The maximum Gasteiger partial charge on any atom is 0.410 e. The highest BCUT2D eigenvalue weighted by Crippen LogP contribution is 2.33. The third-order valence-electron chi connectivity index (χ3n) is 6.12. The largest absolute Gasteiger partial charge is 0.445 e. The number of hydrogen-bond donors (Lipinski definition) is 0. The second-order valence-corrected chi connectivity index (χ2v) is 8.37. The molecule has 0 saturated carbocycles. The lowest BCUT2D eigenvalue weighted by atomic mass is 9.89. The first-order chi connectivity index (χ1) is 15.0. The first-order valence-electron chi connectivity index (χ1n) is 10.7. The zero-order valence-corrected chi connectivity index (χ0v) is 18.1. The number of hydrogen-bond acceptors (Lipinski definition) is 6. The van der Waals surface area contributed by atoms with E-state index in [0.717, 1.165) is 35.5 Å². The molecule has 0 N–H and O–H groups in total. The number of rotatable bonds is 3. The third kappa shape index (κ3) is 4.64. The number of likely N-dealkylation sites (tertiary alicyclic amines) is 1. The van der Waals surface area contributed by atoms with Gasteiger partial charge in [0.15, 0.2) is 0 Å². The first kappa shape index (κ1) is 21.1. The van der Waals surface area contributed by atoms with Crippen LogP contribution in [0, 0.1) is 25.2 Å². The van der Waals surface area contributed by atoms with Crippen molar-refractivity contribution < 1.29 is 14.3 Å². The molecule has 2 fully saturated rings. The molecule has 4 rings (SSSR count). The summed E-state index contributed by atoms with van der Waals surface area (Å²) in [5.41, 5.74) is 3.12. The molecule has 2 aliphatic heterocycles. The van der Waals surface area contributed by atoms with Gasteiger partial charge in [-0.15, -0.1) is 0 Å². The molecule has 0 radical (unpaired) electrons. The van der Waals surface area contributed by atoms with Crippen molar-refractivity contribution >= 4 is 11.9 Å². The Bertz CT molecular complexity index is 978. The number of aromatic nitrogens is 1. The maximum atomic E-state index is 12.5. The van der Waals surface area contributed by atoms with Gasteiger partial charge in [0.05, 0.1) is 17.8 Å². The number of nitrogens with zero attached hydrogens (tertiary/aromatic N) is 4. The Kier molecular flexibility index (Phi) is 6.10. The van der Waals surface area contributed by atoms with Crippen LogP contribution in [0.5, 0.6) is 0 Å². The molecule has 31 heavy (non-hydrogen) atoms. The molecule has 1 aromatic carbocycles. The molecule has 162 valence electrons. The summed E-state index contributed by atoms with van der Waals surface area (Å²) in [6.45, 7) is 7.32. The van der Waals surface area contributed by atoms with Gasteiger partial charge < -0.3 is 19.3 Å². The topological polar surface area (TPSA) is 78.7 Å². The number of carbonyl (C=O) groups excluding carboxylic acids is 1. The fourth-order valence-corrected chi connectivity index (χ4v) is 4.42. The van der Waals surface area contributed by atoms with E-state index >= 15 is 0 Å². The quantitative estimate of drug-likeness (QED) is 0.755. The van der Waals surface area contributed by atoms with Crippen molar-refractivity contribution in [3.63, 3.8) is 0 Å². The van der Waals surface area contributed by atoms with E-state index in [9.17, 15) is 10.1 Å². The predicted octanol–water partition coefficient (Wildman–Crippen LogP) is 3.58. The van der Waals surface area contributed by atoms with E-state index in [0.29, 0.717) is 38.3 Å². The van der Waals surface area contributed by atoms with Crippen LogP contribution in [-0.2, 0) is 16.1 Å². The van der Waals surface area contributed by atoms with E-state index in [1.807, 2.05) is 50.2 Å². The predicted molar refractivity (Wildman–Crippen MR) is 117 cm³/mol. The van der Waals surface area contributed by atoms with Crippen LogP contribution in [0.3, 0.4) is 0 Å². The van der Waals surface area contributed by atoms with Crippen LogP contribution in [0.4, 0.5) is 10.6 Å². The summed E-state index contributed by atoms with van der Waals surface area (Å²) < 4.78 is 11.7. The smallest absolute Gasteiger partial charge is 0.410 e. The van der Waals surface area contributed by atoms with Gasteiger partial charge in [0.25, 0.3) is 0 Å². The Morgan fingerprint density at radius 1 is 1.23 bits per heavy atom. The summed E-state index contributed by atoms with van der Waals surface area (Å²) in [6, 6.07) is 14.0. The second kappa shape index (κ2) is 8.94. The van der Waals surface area contributed by atoms with Crippen molar-refractivity contribution in [2.24, 2.45) is 0 Å².